The van der Waals surface area contributed by atoms with E-state index in [1.807, 2.05) is 97.9 Å². The largest absolute Gasteiger partial charge is 0.292 e. The lowest BCUT2D eigenvalue weighted by Gasteiger charge is -2.34. The molecule has 0 aliphatic heterocycles. The first-order valence-corrected chi connectivity index (χ1v) is 8.44. The van der Waals surface area contributed by atoms with E-state index in [4.69, 9.17) is 0 Å². The molecule has 3 aromatic carbocycles. The maximum absolute atomic E-state index is 13.5. The lowest BCUT2D eigenvalue weighted by molar-refractivity contribution is -0.115. The number of carbonyl (C=O) groups is 1. The van der Waals surface area contributed by atoms with Gasteiger partial charge in [0.2, 0.25) is 0 Å². The zero-order valence-corrected chi connectivity index (χ0v) is 14.6. The van der Waals surface area contributed by atoms with E-state index in [1.165, 1.54) is 0 Å². The predicted molar refractivity (Wildman–Crippen MR) is 103 cm³/mol. The Balaban J connectivity index is 2.42. The lowest BCUT2D eigenvalue weighted by Crippen LogP contribution is -2.41. The summed E-state index contributed by atoms with van der Waals surface area (Å²) in [5, 5.41) is 0.603. The summed E-state index contributed by atoms with van der Waals surface area (Å²) in [5.41, 5.74) is 2.02. The highest BCUT2D eigenvalue weighted by Gasteiger charge is 2.43. The molecule has 0 spiro atoms. The maximum atomic E-state index is 13.5. The number of ketones is 1. The molecule has 0 aromatic heterocycles. The van der Waals surface area contributed by atoms with E-state index in [2.05, 4.69) is 8.86 Å². The fraction of sp³-hybridized carbons (Fsp3) is 0.0909. The second kappa shape index (κ2) is 6.95. The number of Topliss-reactive ketones (excluding diaryl/α,β-unsaturated/α-hetero) is 1. The van der Waals surface area contributed by atoms with Crippen LogP contribution in [0.25, 0.3) is 0 Å². The van der Waals surface area contributed by atoms with Crippen molar-refractivity contribution in [1.82, 2.24) is 0 Å². The van der Waals surface area contributed by atoms with E-state index in [-0.39, 0.29) is 5.78 Å². The minimum absolute atomic E-state index is 0.0442. The van der Waals surface area contributed by atoms with Gasteiger partial charge in [0.1, 0.15) is 5.41 Å². The van der Waals surface area contributed by atoms with Crippen molar-refractivity contribution in [2.75, 3.05) is 0 Å². The van der Waals surface area contributed by atoms with Gasteiger partial charge in [-0.3, -0.25) is 4.79 Å². The molecule has 3 rings (SSSR count). The van der Waals surface area contributed by atoms with Crippen molar-refractivity contribution in [2.45, 2.75) is 12.3 Å². The highest BCUT2D eigenvalue weighted by molar-refractivity contribution is 7.25. The topological polar surface area (TPSA) is 17.1 Å². The lowest BCUT2D eigenvalue weighted by atomic mass is 9.66. The van der Waals surface area contributed by atoms with Crippen LogP contribution in [0.15, 0.2) is 91.0 Å². The summed E-state index contributed by atoms with van der Waals surface area (Å²) in [4.78, 5) is 13.5. The van der Waals surface area contributed by atoms with Gasteiger partial charge >= 0.3 is 0 Å². The van der Waals surface area contributed by atoms with Crippen molar-refractivity contribution in [3.63, 3.8) is 0 Å². The standard InChI is InChI=1S/C22H19OP/c1-17(24)21(23)22(18-11-5-2-6-12-18,19-13-7-3-8-14-19)20-15-9-4-10-16-20/h2-16,24H,1H3. The van der Waals surface area contributed by atoms with E-state index >= 15 is 0 Å². The van der Waals surface area contributed by atoms with Crippen molar-refractivity contribution in [1.29, 1.82) is 0 Å². The summed E-state index contributed by atoms with van der Waals surface area (Å²) >= 11 is 0. The quantitative estimate of drug-likeness (QED) is 0.479. The second-order valence-electron chi connectivity index (χ2n) is 5.80. The fourth-order valence-electron chi connectivity index (χ4n) is 3.24. The smallest absolute Gasteiger partial charge is 0.181 e. The molecule has 0 heterocycles. The molecule has 0 N–H and O–H groups in total. The van der Waals surface area contributed by atoms with E-state index < -0.39 is 5.41 Å². The first-order valence-electron chi connectivity index (χ1n) is 7.94. The number of carbonyl (C=O) groups excluding carboxylic acids is 1. The molecule has 0 atom stereocenters. The Morgan fingerprint density at radius 2 is 0.958 bits per heavy atom. The third-order valence-corrected chi connectivity index (χ3v) is 4.53. The number of benzene rings is 3. The molecule has 0 aliphatic carbocycles. The average molecular weight is 330 g/mol. The molecule has 0 saturated heterocycles. The van der Waals surface area contributed by atoms with E-state index in [9.17, 15) is 4.79 Å². The van der Waals surface area contributed by atoms with Crippen molar-refractivity contribution in [2.24, 2.45) is 0 Å². The molecule has 0 radical (unpaired) electrons. The van der Waals surface area contributed by atoms with Crippen LogP contribution >= 0.6 is 8.86 Å². The van der Waals surface area contributed by atoms with Crippen molar-refractivity contribution in [3.8, 4) is 0 Å². The number of hydrogen-bond acceptors (Lipinski definition) is 1. The van der Waals surface area contributed by atoms with Gasteiger partial charge in [-0.2, -0.15) is 0 Å². The van der Waals surface area contributed by atoms with E-state index in [1.54, 1.807) is 0 Å². The van der Waals surface area contributed by atoms with Gasteiger partial charge in [0.25, 0.3) is 0 Å². The third-order valence-electron chi connectivity index (χ3n) is 4.30. The van der Waals surface area contributed by atoms with Crippen LogP contribution < -0.4 is 0 Å². The van der Waals surface area contributed by atoms with Crippen LogP contribution in [-0.4, -0.2) is 11.1 Å². The number of hydrogen-bond donors (Lipinski definition) is 0. The Labute approximate surface area is 145 Å². The third kappa shape index (κ3) is 2.72. The molecule has 2 heteroatoms. The zero-order chi connectivity index (χ0) is 17.0. The average Bonchev–Trinajstić information content (AvgIpc) is 2.65. The molecule has 24 heavy (non-hydrogen) atoms. The molecule has 0 saturated carbocycles. The zero-order valence-electron chi connectivity index (χ0n) is 13.6. The Morgan fingerprint density at radius 3 is 1.21 bits per heavy atom. The van der Waals surface area contributed by atoms with Gasteiger partial charge < -0.3 is 0 Å². The summed E-state index contributed by atoms with van der Waals surface area (Å²) in [6.45, 7) is 1.81. The van der Waals surface area contributed by atoms with Gasteiger partial charge in [0.05, 0.1) is 0 Å². The van der Waals surface area contributed by atoms with Crippen molar-refractivity contribution >= 4 is 19.9 Å². The van der Waals surface area contributed by atoms with Crippen molar-refractivity contribution < 1.29 is 4.79 Å². The van der Waals surface area contributed by atoms with Gasteiger partial charge in [-0.25, -0.2) is 0 Å². The minimum Gasteiger partial charge on any atom is -0.292 e. The molecule has 0 fully saturated rings. The highest BCUT2D eigenvalue weighted by atomic mass is 31.0. The first-order chi connectivity index (χ1) is 11.7. The normalized spacial score (nSPS) is 11.0. The van der Waals surface area contributed by atoms with E-state index in [0.717, 1.165) is 16.7 Å². The molecule has 3 aromatic rings. The van der Waals surface area contributed by atoms with Gasteiger partial charge in [0, 0.05) is 5.29 Å². The first kappa shape index (κ1) is 16.4. The Bertz CT molecular complexity index is 742. The molecule has 1 nitrogen and oxygen atoms in total. The highest BCUT2D eigenvalue weighted by Crippen LogP contribution is 2.40. The predicted octanol–water partition coefficient (Wildman–Crippen LogP) is 4.93. The van der Waals surface area contributed by atoms with Crippen LogP contribution in [0.2, 0.25) is 0 Å². The fourth-order valence-corrected chi connectivity index (χ4v) is 3.43. The van der Waals surface area contributed by atoms with Crippen molar-refractivity contribution in [3.05, 3.63) is 108 Å². The molecule has 118 valence electrons. The Kier molecular flexibility index (Phi) is 4.74. The number of rotatable bonds is 5. The summed E-state index contributed by atoms with van der Waals surface area (Å²) in [7, 11) is 3.49. The SMILES string of the molecule is CC(=P)C(=O)C(c1ccccc1)(c1ccccc1)c1ccccc1. The minimum atomic E-state index is -0.865. The maximum Gasteiger partial charge on any atom is 0.181 e. The van der Waals surface area contributed by atoms with Crippen LogP contribution in [0.3, 0.4) is 0 Å². The van der Waals surface area contributed by atoms with E-state index in [0.29, 0.717) is 5.29 Å². The summed E-state index contributed by atoms with van der Waals surface area (Å²) in [5.74, 6) is 0.0442. The van der Waals surface area contributed by atoms with Gasteiger partial charge in [-0.1, -0.05) is 91.0 Å². The summed E-state index contributed by atoms with van der Waals surface area (Å²) < 4.78 is 0. The molecule has 0 unspecified atom stereocenters. The van der Waals surface area contributed by atoms with Crippen LogP contribution in [0.5, 0.6) is 0 Å². The Morgan fingerprint density at radius 1 is 0.667 bits per heavy atom. The van der Waals surface area contributed by atoms with Gasteiger partial charge in [-0.05, 0) is 23.6 Å². The van der Waals surface area contributed by atoms with Gasteiger partial charge in [-0.15, -0.1) is 8.86 Å². The Hall–Kier alpha value is -2.50. The van der Waals surface area contributed by atoms with Crippen LogP contribution in [0.1, 0.15) is 23.6 Å². The van der Waals surface area contributed by atoms with Crippen LogP contribution in [0.4, 0.5) is 0 Å². The summed E-state index contributed by atoms with van der Waals surface area (Å²) in [6, 6.07) is 29.9. The van der Waals surface area contributed by atoms with Crippen LogP contribution in [0, 0.1) is 0 Å². The monoisotopic (exact) mass is 330 g/mol. The second-order valence-corrected chi connectivity index (χ2v) is 6.55. The molecular weight excluding hydrogens is 311 g/mol. The molecular formula is C22H19OP. The van der Waals surface area contributed by atoms with Crippen LogP contribution in [-0.2, 0) is 10.2 Å². The summed E-state index contributed by atoms with van der Waals surface area (Å²) in [6.07, 6.45) is 0. The molecule has 0 bridgehead atoms. The molecule has 0 aliphatic rings. The van der Waals surface area contributed by atoms with Gasteiger partial charge in [0.15, 0.2) is 5.78 Å². The molecule has 0 amide bonds.